The van der Waals surface area contributed by atoms with E-state index in [-0.39, 0.29) is 23.4 Å². The van der Waals surface area contributed by atoms with Crippen molar-refractivity contribution in [1.29, 1.82) is 0 Å². The lowest BCUT2D eigenvalue weighted by Crippen LogP contribution is -2.52. The van der Waals surface area contributed by atoms with Gasteiger partial charge < -0.3 is 15.3 Å². The van der Waals surface area contributed by atoms with E-state index in [0.717, 1.165) is 6.42 Å². The van der Waals surface area contributed by atoms with E-state index in [1.54, 1.807) is 0 Å². The summed E-state index contributed by atoms with van der Waals surface area (Å²) in [6.07, 6.45) is 0.744. The van der Waals surface area contributed by atoms with Crippen molar-refractivity contribution >= 4 is 12.0 Å². The van der Waals surface area contributed by atoms with Crippen LogP contribution in [-0.2, 0) is 4.79 Å². The maximum atomic E-state index is 12.1. The molecule has 0 aromatic rings. The number of amides is 2. The highest BCUT2D eigenvalue weighted by atomic mass is 16.4. The number of nitrogens with zero attached hydrogens (tertiary/aromatic N) is 1. The van der Waals surface area contributed by atoms with Crippen LogP contribution < -0.4 is 5.32 Å². The molecule has 0 bridgehead atoms. The Hall–Kier alpha value is -1.26. The SMILES string of the molecule is CC1CCN(C(=O)NC(C)C(C)(C)C)C1C(=O)O. The van der Waals surface area contributed by atoms with Crippen molar-refractivity contribution in [3.63, 3.8) is 0 Å². The number of carboxylic acids is 1. The minimum absolute atomic E-state index is 0.00430. The van der Waals surface area contributed by atoms with Gasteiger partial charge in [0.15, 0.2) is 0 Å². The van der Waals surface area contributed by atoms with E-state index in [4.69, 9.17) is 0 Å². The second kappa shape index (κ2) is 5.16. The molecule has 0 saturated carbocycles. The summed E-state index contributed by atoms with van der Waals surface area (Å²) >= 11 is 0. The molecule has 0 aromatic heterocycles. The van der Waals surface area contributed by atoms with Gasteiger partial charge in [0.05, 0.1) is 0 Å². The third-order valence-corrected chi connectivity index (χ3v) is 3.85. The molecule has 1 rings (SSSR count). The standard InChI is InChI=1S/C13H24N2O3/c1-8-6-7-15(10(8)11(16)17)12(18)14-9(2)13(3,4)5/h8-10H,6-7H2,1-5H3,(H,14,18)(H,16,17). The van der Waals surface area contributed by atoms with Crippen molar-refractivity contribution in [2.24, 2.45) is 11.3 Å². The Balaban J connectivity index is 2.70. The van der Waals surface area contributed by atoms with Crippen LogP contribution in [0.25, 0.3) is 0 Å². The van der Waals surface area contributed by atoms with Crippen molar-refractivity contribution in [2.45, 2.75) is 53.1 Å². The molecular formula is C13H24N2O3. The quantitative estimate of drug-likeness (QED) is 0.793. The molecule has 5 heteroatoms. The highest BCUT2D eigenvalue weighted by Crippen LogP contribution is 2.25. The number of likely N-dealkylation sites (tertiary alicyclic amines) is 1. The zero-order chi connectivity index (χ0) is 14.1. The van der Waals surface area contributed by atoms with E-state index in [1.165, 1.54) is 4.90 Å². The molecule has 0 radical (unpaired) electrons. The molecule has 18 heavy (non-hydrogen) atoms. The first kappa shape index (κ1) is 14.8. The van der Waals surface area contributed by atoms with Gasteiger partial charge in [-0.1, -0.05) is 27.7 Å². The summed E-state index contributed by atoms with van der Waals surface area (Å²) in [5, 5.41) is 12.1. The zero-order valence-electron chi connectivity index (χ0n) is 11.9. The molecule has 1 aliphatic rings. The van der Waals surface area contributed by atoms with E-state index in [9.17, 15) is 14.7 Å². The first-order valence-electron chi connectivity index (χ1n) is 6.44. The monoisotopic (exact) mass is 256 g/mol. The van der Waals surface area contributed by atoms with Crippen molar-refractivity contribution in [2.75, 3.05) is 6.54 Å². The number of hydrogen-bond donors (Lipinski definition) is 2. The minimum atomic E-state index is -0.918. The molecule has 3 atom stereocenters. The Kier molecular flexibility index (Phi) is 4.24. The van der Waals surface area contributed by atoms with E-state index in [1.807, 2.05) is 34.6 Å². The van der Waals surface area contributed by atoms with Gasteiger partial charge in [0.2, 0.25) is 0 Å². The summed E-state index contributed by atoms with van der Waals surface area (Å²) in [4.78, 5) is 24.7. The maximum Gasteiger partial charge on any atom is 0.326 e. The molecule has 0 spiro atoms. The number of carbonyl (C=O) groups is 2. The molecule has 1 saturated heterocycles. The van der Waals surface area contributed by atoms with Gasteiger partial charge in [0.1, 0.15) is 6.04 Å². The number of hydrogen-bond acceptors (Lipinski definition) is 2. The molecule has 1 aliphatic heterocycles. The maximum absolute atomic E-state index is 12.1. The van der Waals surface area contributed by atoms with Gasteiger partial charge in [-0.25, -0.2) is 9.59 Å². The average Bonchev–Trinajstić information content (AvgIpc) is 2.58. The van der Waals surface area contributed by atoms with E-state index < -0.39 is 12.0 Å². The lowest BCUT2D eigenvalue weighted by atomic mass is 9.88. The molecule has 5 nitrogen and oxygen atoms in total. The van der Waals surface area contributed by atoms with Crippen LogP contribution in [0.2, 0.25) is 0 Å². The third-order valence-electron chi connectivity index (χ3n) is 3.85. The van der Waals surface area contributed by atoms with Crippen molar-refractivity contribution in [3.8, 4) is 0 Å². The number of rotatable bonds is 2. The normalized spacial score (nSPS) is 25.9. The summed E-state index contributed by atoms with van der Waals surface area (Å²) in [6.45, 7) is 10.4. The Bertz CT molecular complexity index is 336. The number of carboxylic acid groups (broad SMARTS) is 1. The Morgan fingerprint density at radius 3 is 2.39 bits per heavy atom. The largest absolute Gasteiger partial charge is 0.480 e. The predicted octanol–water partition coefficient (Wildman–Crippen LogP) is 1.93. The summed E-state index contributed by atoms with van der Waals surface area (Å²) in [5.41, 5.74) is -0.0419. The summed E-state index contributed by atoms with van der Waals surface area (Å²) in [5.74, 6) is -0.906. The minimum Gasteiger partial charge on any atom is -0.480 e. The molecule has 0 aliphatic carbocycles. The van der Waals surface area contributed by atoms with Gasteiger partial charge in [-0.2, -0.15) is 0 Å². The fourth-order valence-corrected chi connectivity index (χ4v) is 2.04. The molecule has 0 aromatic carbocycles. The summed E-state index contributed by atoms with van der Waals surface area (Å²) in [6, 6.07) is -0.971. The van der Waals surface area contributed by atoms with Gasteiger partial charge in [-0.3, -0.25) is 0 Å². The van der Waals surface area contributed by atoms with Crippen molar-refractivity contribution < 1.29 is 14.7 Å². The van der Waals surface area contributed by atoms with Crippen LogP contribution in [0, 0.1) is 11.3 Å². The van der Waals surface area contributed by atoms with Crippen LogP contribution >= 0.6 is 0 Å². The number of aliphatic carboxylic acids is 1. The van der Waals surface area contributed by atoms with Gasteiger partial charge in [-0.05, 0) is 24.7 Å². The fraction of sp³-hybridized carbons (Fsp3) is 0.846. The Morgan fingerprint density at radius 1 is 1.39 bits per heavy atom. The molecule has 1 heterocycles. The smallest absolute Gasteiger partial charge is 0.326 e. The molecule has 104 valence electrons. The molecule has 2 N–H and O–H groups in total. The molecule has 2 amide bonds. The molecule has 3 unspecified atom stereocenters. The van der Waals surface area contributed by atoms with E-state index in [0.29, 0.717) is 6.54 Å². The van der Waals surface area contributed by atoms with Gasteiger partial charge in [0, 0.05) is 12.6 Å². The summed E-state index contributed by atoms with van der Waals surface area (Å²) < 4.78 is 0. The fourth-order valence-electron chi connectivity index (χ4n) is 2.04. The van der Waals surface area contributed by atoms with E-state index >= 15 is 0 Å². The van der Waals surface area contributed by atoms with Gasteiger partial charge in [0.25, 0.3) is 0 Å². The second-order valence-electron chi connectivity index (χ2n) is 6.28. The van der Waals surface area contributed by atoms with Gasteiger partial charge in [-0.15, -0.1) is 0 Å². The van der Waals surface area contributed by atoms with Crippen LogP contribution in [0.15, 0.2) is 0 Å². The van der Waals surface area contributed by atoms with Crippen LogP contribution in [0.3, 0.4) is 0 Å². The van der Waals surface area contributed by atoms with E-state index in [2.05, 4.69) is 5.32 Å². The van der Waals surface area contributed by atoms with Crippen LogP contribution in [0.1, 0.15) is 41.0 Å². The number of carbonyl (C=O) groups excluding carboxylic acids is 1. The first-order chi connectivity index (χ1) is 8.14. The molecule has 1 fully saturated rings. The molecular weight excluding hydrogens is 232 g/mol. The predicted molar refractivity (Wildman–Crippen MR) is 69.4 cm³/mol. The zero-order valence-corrected chi connectivity index (χ0v) is 11.9. The Morgan fingerprint density at radius 2 is 1.94 bits per heavy atom. The summed E-state index contributed by atoms with van der Waals surface area (Å²) in [7, 11) is 0. The second-order valence-corrected chi connectivity index (χ2v) is 6.28. The van der Waals surface area contributed by atoms with Crippen LogP contribution in [0.5, 0.6) is 0 Å². The number of urea groups is 1. The van der Waals surface area contributed by atoms with Crippen LogP contribution in [0.4, 0.5) is 4.79 Å². The lowest BCUT2D eigenvalue weighted by molar-refractivity contribution is -0.142. The average molecular weight is 256 g/mol. The van der Waals surface area contributed by atoms with Crippen molar-refractivity contribution in [3.05, 3.63) is 0 Å². The highest BCUT2D eigenvalue weighted by molar-refractivity contribution is 5.83. The lowest BCUT2D eigenvalue weighted by Gasteiger charge is -2.31. The van der Waals surface area contributed by atoms with Crippen molar-refractivity contribution in [1.82, 2.24) is 10.2 Å². The third kappa shape index (κ3) is 3.15. The number of nitrogens with one attached hydrogen (secondary N) is 1. The highest BCUT2D eigenvalue weighted by Gasteiger charge is 2.40. The Labute approximate surface area is 109 Å². The first-order valence-corrected chi connectivity index (χ1v) is 6.44. The van der Waals surface area contributed by atoms with Gasteiger partial charge >= 0.3 is 12.0 Å². The topological polar surface area (TPSA) is 69.6 Å². The van der Waals surface area contributed by atoms with Crippen LogP contribution in [-0.4, -0.2) is 40.6 Å².